The van der Waals surface area contributed by atoms with Gasteiger partial charge in [-0.15, -0.1) is 0 Å². The fraction of sp³-hybridized carbons (Fsp3) is 0.429. The number of nitrogens with zero attached hydrogens (tertiary/aromatic N) is 1. The molecule has 1 fully saturated rings. The summed E-state index contributed by atoms with van der Waals surface area (Å²) >= 11 is 1.55. The number of benzene rings is 1. The van der Waals surface area contributed by atoms with Gasteiger partial charge in [0.25, 0.3) is 0 Å². The van der Waals surface area contributed by atoms with E-state index in [-0.39, 0.29) is 18.1 Å². The molecule has 1 aliphatic heterocycles. The van der Waals surface area contributed by atoms with Crippen molar-refractivity contribution in [3.05, 3.63) is 29.8 Å². The number of aromatic hydroxyl groups is 1. The smallest absolute Gasteiger partial charge is 0.327 e. The SMILES string of the molecule is O=C(O)C1CSCCN1C(=O)CCc1ccccc1O. The summed E-state index contributed by atoms with van der Waals surface area (Å²) in [6.07, 6.45) is 0.632. The largest absolute Gasteiger partial charge is 0.508 e. The molecular formula is C14H17NO4S. The number of aryl methyl sites for hydroxylation is 1. The molecule has 0 aromatic heterocycles. The Balaban J connectivity index is 1.97. The lowest BCUT2D eigenvalue weighted by Crippen LogP contribution is -2.50. The van der Waals surface area contributed by atoms with Crippen LogP contribution < -0.4 is 0 Å². The van der Waals surface area contributed by atoms with Crippen LogP contribution >= 0.6 is 11.8 Å². The molecular weight excluding hydrogens is 278 g/mol. The van der Waals surface area contributed by atoms with Gasteiger partial charge in [0, 0.05) is 24.5 Å². The summed E-state index contributed by atoms with van der Waals surface area (Å²) in [6.45, 7) is 0.473. The van der Waals surface area contributed by atoms with E-state index in [1.165, 1.54) is 4.90 Å². The summed E-state index contributed by atoms with van der Waals surface area (Å²) < 4.78 is 0. The van der Waals surface area contributed by atoms with Gasteiger partial charge in [0.05, 0.1) is 0 Å². The number of aliphatic carboxylic acids is 1. The second-order valence-electron chi connectivity index (χ2n) is 4.64. The first-order valence-electron chi connectivity index (χ1n) is 6.46. The standard InChI is InChI=1S/C14H17NO4S/c16-12-4-2-1-3-10(12)5-6-13(17)15-7-8-20-9-11(15)14(18)19/h1-4,11,16H,5-9H2,(H,18,19). The van der Waals surface area contributed by atoms with E-state index < -0.39 is 12.0 Å². The highest BCUT2D eigenvalue weighted by Crippen LogP contribution is 2.21. The van der Waals surface area contributed by atoms with Gasteiger partial charge in [-0.25, -0.2) is 4.79 Å². The summed E-state index contributed by atoms with van der Waals surface area (Å²) in [5.74, 6) is 0.266. The molecule has 0 spiro atoms. The molecule has 1 aliphatic rings. The monoisotopic (exact) mass is 295 g/mol. The molecule has 1 heterocycles. The molecule has 5 nitrogen and oxygen atoms in total. The molecule has 0 bridgehead atoms. The minimum atomic E-state index is -0.951. The average molecular weight is 295 g/mol. The number of para-hydroxylation sites is 1. The molecule has 0 radical (unpaired) electrons. The molecule has 2 N–H and O–H groups in total. The Hall–Kier alpha value is -1.69. The van der Waals surface area contributed by atoms with E-state index >= 15 is 0 Å². The number of amides is 1. The van der Waals surface area contributed by atoms with Crippen molar-refractivity contribution in [3.8, 4) is 5.75 Å². The Morgan fingerprint density at radius 3 is 2.80 bits per heavy atom. The fourth-order valence-corrected chi connectivity index (χ4v) is 3.25. The van der Waals surface area contributed by atoms with Crippen molar-refractivity contribution >= 4 is 23.6 Å². The topological polar surface area (TPSA) is 77.8 Å². The highest BCUT2D eigenvalue weighted by molar-refractivity contribution is 7.99. The van der Waals surface area contributed by atoms with Crippen LogP contribution in [0.4, 0.5) is 0 Å². The Bertz CT molecular complexity index is 506. The van der Waals surface area contributed by atoms with E-state index in [0.717, 1.165) is 5.75 Å². The first-order valence-corrected chi connectivity index (χ1v) is 7.62. The highest BCUT2D eigenvalue weighted by Gasteiger charge is 2.31. The van der Waals surface area contributed by atoms with Crippen LogP contribution in [0.1, 0.15) is 12.0 Å². The van der Waals surface area contributed by atoms with Gasteiger partial charge in [-0.3, -0.25) is 4.79 Å². The van der Waals surface area contributed by atoms with Crippen molar-refractivity contribution < 1.29 is 19.8 Å². The van der Waals surface area contributed by atoms with E-state index in [1.54, 1.807) is 36.0 Å². The zero-order valence-corrected chi connectivity index (χ0v) is 11.8. The number of hydrogen-bond acceptors (Lipinski definition) is 4. The van der Waals surface area contributed by atoms with Gasteiger partial charge >= 0.3 is 5.97 Å². The lowest BCUT2D eigenvalue weighted by Gasteiger charge is -2.32. The second kappa shape index (κ2) is 6.65. The van der Waals surface area contributed by atoms with Crippen molar-refractivity contribution in [1.29, 1.82) is 0 Å². The number of phenols is 1. The van der Waals surface area contributed by atoms with Crippen LogP contribution in [-0.2, 0) is 16.0 Å². The van der Waals surface area contributed by atoms with E-state index in [0.29, 0.717) is 24.3 Å². The maximum absolute atomic E-state index is 12.2. The van der Waals surface area contributed by atoms with Crippen LogP contribution in [0.2, 0.25) is 0 Å². The predicted molar refractivity (Wildman–Crippen MR) is 76.9 cm³/mol. The number of carbonyl (C=O) groups excluding carboxylic acids is 1. The van der Waals surface area contributed by atoms with Crippen LogP contribution in [0, 0.1) is 0 Å². The van der Waals surface area contributed by atoms with Gasteiger partial charge in [-0.2, -0.15) is 11.8 Å². The first-order chi connectivity index (χ1) is 9.59. The normalized spacial score (nSPS) is 18.8. The molecule has 1 saturated heterocycles. The Morgan fingerprint density at radius 2 is 2.10 bits per heavy atom. The number of thioether (sulfide) groups is 1. The molecule has 0 saturated carbocycles. The van der Waals surface area contributed by atoms with Crippen molar-refractivity contribution in [2.24, 2.45) is 0 Å². The summed E-state index contributed by atoms with van der Waals surface area (Å²) in [5, 5.41) is 18.8. The van der Waals surface area contributed by atoms with Gasteiger partial charge < -0.3 is 15.1 Å². The molecule has 1 aromatic rings. The quantitative estimate of drug-likeness (QED) is 0.877. The van der Waals surface area contributed by atoms with Gasteiger partial charge in [0.2, 0.25) is 5.91 Å². The lowest BCUT2D eigenvalue weighted by atomic mass is 10.1. The molecule has 1 unspecified atom stereocenters. The fourth-order valence-electron chi connectivity index (χ4n) is 2.21. The summed E-state index contributed by atoms with van der Waals surface area (Å²) in [6, 6.07) is 6.14. The Kier molecular flexibility index (Phi) is 4.89. The van der Waals surface area contributed by atoms with E-state index in [4.69, 9.17) is 5.11 Å². The summed E-state index contributed by atoms with van der Waals surface area (Å²) in [4.78, 5) is 24.8. The molecule has 6 heteroatoms. The molecule has 1 aromatic carbocycles. The third-order valence-electron chi connectivity index (χ3n) is 3.33. The van der Waals surface area contributed by atoms with Crippen LogP contribution in [0.5, 0.6) is 5.75 Å². The zero-order valence-electron chi connectivity index (χ0n) is 11.0. The van der Waals surface area contributed by atoms with Crippen LogP contribution in [0.3, 0.4) is 0 Å². The molecule has 20 heavy (non-hydrogen) atoms. The van der Waals surface area contributed by atoms with E-state index in [1.807, 2.05) is 0 Å². The Labute approximate surface area is 121 Å². The predicted octanol–water partition coefficient (Wildman–Crippen LogP) is 1.35. The molecule has 0 aliphatic carbocycles. The molecule has 108 valence electrons. The molecule has 2 rings (SSSR count). The molecule has 1 amide bonds. The highest BCUT2D eigenvalue weighted by atomic mass is 32.2. The summed E-state index contributed by atoms with van der Waals surface area (Å²) in [5.41, 5.74) is 0.708. The lowest BCUT2D eigenvalue weighted by molar-refractivity contribution is -0.149. The first kappa shape index (κ1) is 14.7. The van der Waals surface area contributed by atoms with Gasteiger partial charge in [-0.1, -0.05) is 18.2 Å². The van der Waals surface area contributed by atoms with Crippen molar-refractivity contribution in [1.82, 2.24) is 4.90 Å². The second-order valence-corrected chi connectivity index (χ2v) is 5.79. The third kappa shape index (κ3) is 3.45. The maximum atomic E-state index is 12.2. The number of carboxylic acid groups (broad SMARTS) is 1. The van der Waals surface area contributed by atoms with Gasteiger partial charge in [0.15, 0.2) is 0 Å². The minimum absolute atomic E-state index is 0.166. The summed E-state index contributed by atoms with van der Waals surface area (Å²) in [7, 11) is 0. The van der Waals surface area contributed by atoms with Gasteiger partial charge in [0.1, 0.15) is 11.8 Å². The number of rotatable bonds is 4. The number of carbonyl (C=O) groups is 2. The van der Waals surface area contributed by atoms with E-state index in [9.17, 15) is 14.7 Å². The van der Waals surface area contributed by atoms with Crippen LogP contribution in [-0.4, -0.2) is 51.1 Å². The number of phenolic OH excluding ortho intramolecular Hbond substituents is 1. The van der Waals surface area contributed by atoms with Crippen molar-refractivity contribution in [2.75, 3.05) is 18.1 Å². The minimum Gasteiger partial charge on any atom is -0.508 e. The average Bonchev–Trinajstić information content (AvgIpc) is 2.46. The van der Waals surface area contributed by atoms with Crippen molar-refractivity contribution in [3.63, 3.8) is 0 Å². The molecule has 1 atom stereocenters. The number of hydrogen-bond donors (Lipinski definition) is 2. The zero-order chi connectivity index (χ0) is 14.5. The van der Waals surface area contributed by atoms with Crippen LogP contribution in [0.25, 0.3) is 0 Å². The maximum Gasteiger partial charge on any atom is 0.327 e. The van der Waals surface area contributed by atoms with Crippen molar-refractivity contribution in [2.45, 2.75) is 18.9 Å². The number of carboxylic acids is 1. The van der Waals surface area contributed by atoms with E-state index in [2.05, 4.69) is 0 Å². The third-order valence-corrected chi connectivity index (χ3v) is 4.36. The van der Waals surface area contributed by atoms with Gasteiger partial charge in [-0.05, 0) is 18.1 Å². The Morgan fingerprint density at radius 1 is 1.35 bits per heavy atom. The van der Waals surface area contributed by atoms with Crippen LogP contribution in [0.15, 0.2) is 24.3 Å².